The highest BCUT2D eigenvalue weighted by molar-refractivity contribution is 7.99. The van der Waals surface area contributed by atoms with Gasteiger partial charge in [0.25, 0.3) is 5.03 Å². The largest absolute Gasteiger partial charge is 0.538 e. The van der Waals surface area contributed by atoms with Crippen LogP contribution in [0, 0.1) is 0 Å². The first-order valence-corrected chi connectivity index (χ1v) is 14.2. The second-order valence-corrected chi connectivity index (χ2v) is 12.0. The Bertz CT molecular complexity index is 1390. The van der Waals surface area contributed by atoms with Crippen molar-refractivity contribution in [3.8, 4) is 17.4 Å². The zero-order valence-electron chi connectivity index (χ0n) is 22.8. The lowest BCUT2D eigenvalue weighted by Gasteiger charge is -2.30. The van der Waals surface area contributed by atoms with Crippen LogP contribution in [0.2, 0.25) is 0 Å². The average molecular weight is 591 g/mol. The van der Waals surface area contributed by atoms with E-state index < -0.39 is 23.6 Å². The number of ether oxygens (including phenoxy) is 3. The minimum absolute atomic E-state index is 0.0467. The molecule has 12 nitrogen and oxygen atoms in total. The maximum Gasteiger partial charge on any atom is 0.410 e. The van der Waals surface area contributed by atoms with E-state index in [4.69, 9.17) is 18.7 Å². The molecule has 0 atom stereocenters. The molecule has 0 fully saturated rings. The van der Waals surface area contributed by atoms with E-state index in [9.17, 15) is 19.5 Å². The Kier molecular flexibility index (Phi) is 8.88. The van der Waals surface area contributed by atoms with Gasteiger partial charge in [-0.15, -0.1) is 11.3 Å². The molecule has 1 aliphatic rings. The molecule has 0 radical (unpaired) electrons. The van der Waals surface area contributed by atoms with E-state index >= 15 is 0 Å². The Morgan fingerprint density at radius 2 is 1.95 bits per heavy atom. The van der Waals surface area contributed by atoms with Gasteiger partial charge in [0.05, 0.1) is 31.6 Å². The molecule has 0 aliphatic carbocycles. The number of carbonyl (C=O) groups excluding carboxylic acids is 3. The van der Waals surface area contributed by atoms with Crippen LogP contribution in [-0.4, -0.2) is 60.3 Å². The minimum Gasteiger partial charge on any atom is -0.538 e. The van der Waals surface area contributed by atoms with E-state index in [2.05, 4.69) is 10.6 Å². The summed E-state index contributed by atoms with van der Waals surface area (Å²) in [4.78, 5) is 40.4. The second-order valence-electron chi connectivity index (χ2n) is 9.77. The van der Waals surface area contributed by atoms with Gasteiger partial charge in [-0.1, -0.05) is 11.8 Å². The fourth-order valence-electron chi connectivity index (χ4n) is 3.97. The summed E-state index contributed by atoms with van der Waals surface area (Å²) >= 11 is 2.36. The summed E-state index contributed by atoms with van der Waals surface area (Å²) in [5.41, 5.74) is 1.02. The number of anilines is 1. The summed E-state index contributed by atoms with van der Waals surface area (Å²) in [7, 11) is 2.83. The first-order chi connectivity index (χ1) is 19.0. The number of nitrogens with one attached hydrogen (secondary N) is 1. The van der Waals surface area contributed by atoms with Crippen LogP contribution in [-0.2, 0) is 27.2 Å². The topological polar surface area (TPSA) is 147 Å². The molecule has 1 aliphatic heterocycles. The summed E-state index contributed by atoms with van der Waals surface area (Å²) in [5.74, 6) is -0.618. The number of amides is 2. The minimum atomic E-state index is -0.631. The fourth-order valence-corrected chi connectivity index (χ4v) is 6.13. The molecule has 0 saturated carbocycles. The Balaban J connectivity index is 1.43. The standard InChI is InChI=1S/C26H30N4O8S2/c1-26(2,3)37-25(34)29-12-10-17-18(14-29)40-21(20(17)23(32)36-5)27-19(31)11-13-39-22-24(33)38-28-30(22)15-6-8-16(35-4)9-7-15/h6-9H,10-14H2,1-5H3,(H-,27,28,31,32,33). The van der Waals surface area contributed by atoms with Crippen molar-refractivity contribution in [2.45, 2.75) is 50.8 Å². The number of hydrogen-bond acceptors (Lipinski definition) is 11. The highest BCUT2D eigenvalue weighted by Crippen LogP contribution is 2.38. The Hall–Kier alpha value is -3.78. The van der Waals surface area contributed by atoms with Crippen LogP contribution >= 0.6 is 23.1 Å². The maximum atomic E-state index is 12.9. The summed E-state index contributed by atoms with van der Waals surface area (Å²) in [6.45, 7) is 6.03. The summed E-state index contributed by atoms with van der Waals surface area (Å²) in [6.07, 6.45) is 0.0319. The smallest absolute Gasteiger partial charge is 0.410 e. The lowest BCUT2D eigenvalue weighted by Crippen LogP contribution is -2.39. The lowest BCUT2D eigenvalue weighted by molar-refractivity contribution is -0.705. The molecule has 2 aromatic heterocycles. The fraction of sp³-hybridized carbons (Fsp3) is 0.423. The number of aromatic nitrogens is 2. The first-order valence-electron chi connectivity index (χ1n) is 12.4. The Morgan fingerprint density at radius 3 is 2.60 bits per heavy atom. The van der Waals surface area contributed by atoms with Crippen molar-refractivity contribution >= 4 is 46.1 Å². The van der Waals surface area contributed by atoms with E-state index in [1.54, 1.807) is 57.0 Å². The van der Waals surface area contributed by atoms with Crippen LogP contribution in [0.5, 0.6) is 11.7 Å². The van der Waals surface area contributed by atoms with Gasteiger partial charge in [0.1, 0.15) is 16.4 Å². The molecule has 0 bridgehead atoms. The number of hydrogen-bond donors (Lipinski definition) is 1. The number of thioether (sulfide) groups is 1. The zero-order valence-corrected chi connectivity index (χ0v) is 24.4. The van der Waals surface area contributed by atoms with Crippen molar-refractivity contribution < 1.29 is 42.9 Å². The number of fused-ring (bicyclic) bond motifs is 1. The van der Waals surface area contributed by atoms with Gasteiger partial charge < -0.3 is 34.1 Å². The molecule has 0 spiro atoms. The van der Waals surface area contributed by atoms with Crippen molar-refractivity contribution in [2.24, 2.45) is 0 Å². The number of thiophene rings is 1. The average Bonchev–Trinajstić information content (AvgIpc) is 3.46. The van der Waals surface area contributed by atoms with Crippen LogP contribution in [0.15, 0.2) is 33.8 Å². The molecule has 3 aromatic rings. The molecular weight excluding hydrogens is 560 g/mol. The van der Waals surface area contributed by atoms with E-state index in [-0.39, 0.29) is 29.7 Å². The van der Waals surface area contributed by atoms with Gasteiger partial charge in [0, 0.05) is 35.7 Å². The van der Waals surface area contributed by atoms with Gasteiger partial charge in [-0.05, 0) is 49.6 Å². The van der Waals surface area contributed by atoms with Crippen LogP contribution < -0.4 is 19.8 Å². The van der Waals surface area contributed by atoms with E-state index in [1.165, 1.54) is 23.1 Å². The first kappa shape index (κ1) is 29.2. The Morgan fingerprint density at radius 1 is 1.23 bits per heavy atom. The highest BCUT2D eigenvalue weighted by Gasteiger charge is 2.32. The lowest BCUT2D eigenvalue weighted by atomic mass is 10.0. The van der Waals surface area contributed by atoms with Crippen LogP contribution in [0.1, 0.15) is 48.0 Å². The molecule has 3 heterocycles. The monoisotopic (exact) mass is 590 g/mol. The number of rotatable bonds is 8. The number of carbonyl (C=O) groups is 3. The molecular formula is C26H30N4O8S2. The van der Waals surface area contributed by atoms with Crippen molar-refractivity contribution in [1.29, 1.82) is 0 Å². The van der Waals surface area contributed by atoms with Gasteiger partial charge in [0.15, 0.2) is 5.95 Å². The molecule has 1 N–H and O–H groups in total. The van der Waals surface area contributed by atoms with Gasteiger partial charge in [0.2, 0.25) is 11.6 Å². The number of esters is 1. The molecule has 214 valence electrons. The molecule has 0 unspecified atom stereocenters. The molecule has 14 heteroatoms. The van der Waals surface area contributed by atoms with Crippen LogP contribution in [0.3, 0.4) is 0 Å². The van der Waals surface area contributed by atoms with E-state index in [1.807, 2.05) is 0 Å². The SMILES string of the molecule is COC(=O)c1c(NC(=O)CCSc2c([O-])on[n+]2-c2ccc(OC)cc2)sc2c1CCN(C(=O)OC(C)(C)C)C2. The van der Waals surface area contributed by atoms with E-state index in [0.29, 0.717) is 35.0 Å². The normalized spacial score (nSPS) is 13.0. The second kappa shape index (κ2) is 12.2. The van der Waals surface area contributed by atoms with Gasteiger partial charge in [-0.25, -0.2) is 9.59 Å². The third-order valence-corrected chi connectivity index (χ3v) is 7.96. The van der Waals surface area contributed by atoms with Crippen LogP contribution in [0.4, 0.5) is 9.80 Å². The molecule has 2 amide bonds. The van der Waals surface area contributed by atoms with Crippen molar-refractivity contribution in [1.82, 2.24) is 10.2 Å². The molecule has 0 saturated heterocycles. The zero-order chi connectivity index (χ0) is 29.0. The predicted molar refractivity (Wildman–Crippen MR) is 144 cm³/mol. The van der Waals surface area contributed by atoms with Crippen molar-refractivity contribution in [3.05, 3.63) is 40.3 Å². The quantitative estimate of drug-likeness (QED) is 0.235. The van der Waals surface area contributed by atoms with Gasteiger partial charge in [-0.2, -0.15) is 0 Å². The van der Waals surface area contributed by atoms with Crippen molar-refractivity contribution in [3.63, 3.8) is 0 Å². The number of methoxy groups -OCH3 is 2. The molecule has 1 aromatic carbocycles. The highest BCUT2D eigenvalue weighted by atomic mass is 32.2. The molecule has 4 rings (SSSR count). The maximum absolute atomic E-state index is 12.9. The Labute approximate surface area is 239 Å². The third-order valence-electron chi connectivity index (χ3n) is 5.81. The third kappa shape index (κ3) is 6.67. The van der Waals surface area contributed by atoms with E-state index in [0.717, 1.165) is 22.2 Å². The molecule has 40 heavy (non-hydrogen) atoms. The van der Waals surface area contributed by atoms with Gasteiger partial charge >= 0.3 is 12.1 Å². The summed E-state index contributed by atoms with van der Waals surface area (Å²) < 4.78 is 21.8. The summed E-state index contributed by atoms with van der Waals surface area (Å²) in [5, 5.41) is 19.4. The predicted octanol–water partition coefficient (Wildman–Crippen LogP) is 3.30. The van der Waals surface area contributed by atoms with Crippen molar-refractivity contribution in [2.75, 3.05) is 31.8 Å². The number of nitrogens with zero attached hydrogens (tertiary/aromatic N) is 3. The van der Waals surface area contributed by atoms with Gasteiger partial charge in [-0.3, -0.25) is 4.79 Å². The number of benzene rings is 1. The summed E-state index contributed by atoms with van der Waals surface area (Å²) in [6, 6.07) is 6.92. The van der Waals surface area contributed by atoms with Crippen LogP contribution in [0.25, 0.3) is 5.69 Å².